The van der Waals surface area contributed by atoms with Gasteiger partial charge in [-0.3, -0.25) is 16.3 Å². The lowest BCUT2D eigenvalue weighted by Crippen LogP contribution is -2.30. The molecule has 1 saturated carbocycles. The molecule has 0 bridgehead atoms. The molecule has 0 radical (unpaired) electrons. The molecule has 94 valence electrons. The fourth-order valence-electron chi connectivity index (χ4n) is 2.84. The predicted octanol–water partition coefficient (Wildman–Crippen LogP) is 2.86. The van der Waals surface area contributed by atoms with Crippen molar-refractivity contribution in [3.05, 3.63) is 29.6 Å². The number of pyridine rings is 1. The standard InChI is InChI=1S/C14H23N3/c1-11-9-13(7-8-16-11)14(17-15)10-12-5-3-2-4-6-12/h7-9,12,14,17H,2-6,10,15H2,1H3. The van der Waals surface area contributed by atoms with E-state index >= 15 is 0 Å². The first-order valence-corrected chi connectivity index (χ1v) is 6.68. The van der Waals surface area contributed by atoms with Gasteiger partial charge in [-0.1, -0.05) is 32.1 Å². The van der Waals surface area contributed by atoms with Crippen LogP contribution in [0.4, 0.5) is 0 Å². The van der Waals surface area contributed by atoms with Gasteiger partial charge in [0.1, 0.15) is 0 Å². The summed E-state index contributed by atoms with van der Waals surface area (Å²) in [6.45, 7) is 2.03. The van der Waals surface area contributed by atoms with Gasteiger partial charge in [-0.15, -0.1) is 0 Å². The molecule has 1 aromatic heterocycles. The first kappa shape index (κ1) is 12.5. The summed E-state index contributed by atoms with van der Waals surface area (Å²) in [6.07, 6.45) is 9.93. The quantitative estimate of drug-likeness (QED) is 0.621. The Morgan fingerprint density at radius 1 is 1.41 bits per heavy atom. The Morgan fingerprint density at radius 2 is 2.18 bits per heavy atom. The lowest BCUT2D eigenvalue weighted by Gasteiger charge is -2.26. The van der Waals surface area contributed by atoms with Crippen LogP contribution in [0.15, 0.2) is 18.3 Å². The Hall–Kier alpha value is -0.930. The topological polar surface area (TPSA) is 50.9 Å². The van der Waals surface area contributed by atoms with Crippen molar-refractivity contribution in [2.45, 2.75) is 51.5 Å². The highest BCUT2D eigenvalue weighted by Gasteiger charge is 2.19. The minimum atomic E-state index is 0.278. The molecule has 1 aliphatic rings. The molecule has 0 saturated heterocycles. The van der Waals surface area contributed by atoms with Crippen LogP contribution in [-0.4, -0.2) is 4.98 Å². The highest BCUT2D eigenvalue weighted by molar-refractivity contribution is 5.19. The van der Waals surface area contributed by atoms with E-state index in [2.05, 4.69) is 22.5 Å². The molecular weight excluding hydrogens is 210 g/mol. The predicted molar refractivity (Wildman–Crippen MR) is 70.2 cm³/mol. The molecule has 3 N–H and O–H groups in total. The van der Waals surface area contributed by atoms with Crippen LogP contribution in [-0.2, 0) is 0 Å². The Kier molecular flexibility index (Phi) is 4.51. The minimum absolute atomic E-state index is 0.278. The number of aromatic nitrogens is 1. The fourth-order valence-corrected chi connectivity index (χ4v) is 2.84. The highest BCUT2D eigenvalue weighted by atomic mass is 15.2. The van der Waals surface area contributed by atoms with Crippen LogP contribution < -0.4 is 11.3 Å². The number of nitrogens with one attached hydrogen (secondary N) is 1. The number of hydrogen-bond acceptors (Lipinski definition) is 3. The summed E-state index contributed by atoms with van der Waals surface area (Å²) in [5.41, 5.74) is 5.30. The number of nitrogens with zero attached hydrogens (tertiary/aromatic N) is 1. The molecule has 1 atom stereocenters. The van der Waals surface area contributed by atoms with Crippen LogP contribution in [0.2, 0.25) is 0 Å². The largest absolute Gasteiger partial charge is 0.271 e. The molecule has 1 fully saturated rings. The van der Waals surface area contributed by atoms with Gasteiger partial charge in [0, 0.05) is 17.9 Å². The minimum Gasteiger partial charge on any atom is -0.271 e. The smallest absolute Gasteiger partial charge is 0.0463 e. The van der Waals surface area contributed by atoms with Crippen molar-refractivity contribution in [3.63, 3.8) is 0 Å². The van der Waals surface area contributed by atoms with Crippen molar-refractivity contribution in [2.75, 3.05) is 0 Å². The van der Waals surface area contributed by atoms with Crippen molar-refractivity contribution in [3.8, 4) is 0 Å². The van der Waals surface area contributed by atoms with E-state index in [1.807, 2.05) is 13.1 Å². The number of nitrogens with two attached hydrogens (primary N) is 1. The Bertz CT molecular complexity index is 345. The third-order valence-corrected chi connectivity index (χ3v) is 3.82. The summed E-state index contributed by atoms with van der Waals surface area (Å²) in [5.74, 6) is 6.53. The summed E-state index contributed by atoms with van der Waals surface area (Å²) in [7, 11) is 0. The second kappa shape index (κ2) is 6.12. The van der Waals surface area contributed by atoms with Crippen LogP contribution in [0.25, 0.3) is 0 Å². The van der Waals surface area contributed by atoms with Gasteiger partial charge in [-0.05, 0) is 37.0 Å². The number of hydrogen-bond donors (Lipinski definition) is 2. The van der Waals surface area contributed by atoms with Gasteiger partial charge in [-0.25, -0.2) is 0 Å². The van der Waals surface area contributed by atoms with Crippen molar-refractivity contribution in [1.82, 2.24) is 10.4 Å². The van der Waals surface area contributed by atoms with Crippen LogP contribution >= 0.6 is 0 Å². The molecule has 1 aromatic rings. The van der Waals surface area contributed by atoms with Gasteiger partial charge in [0.05, 0.1) is 0 Å². The molecule has 0 spiro atoms. The first-order chi connectivity index (χ1) is 8.29. The van der Waals surface area contributed by atoms with Crippen LogP contribution in [0.5, 0.6) is 0 Å². The summed E-state index contributed by atoms with van der Waals surface area (Å²) in [4.78, 5) is 4.23. The number of aryl methyl sites for hydroxylation is 1. The van der Waals surface area contributed by atoms with Gasteiger partial charge >= 0.3 is 0 Å². The zero-order valence-electron chi connectivity index (χ0n) is 10.7. The molecule has 17 heavy (non-hydrogen) atoms. The van der Waals surface area contributed by atoms with Crippen LogP contribution in [0, 0.1) is 12.8 Å². The first-order valence-electron chi connectivity index (χ1n) is 6.68. The van der Waals surface area contributed by atoms with E-state index in [9.17, 15) is 0 Å². The highest BCUT2D eigenvalue weighted by Crippen LogP contribution is 2.31. The monoisotopic (exact) mass is 233 g/mol. The summed E-state index contributed by atoms with van der Waals surface area (Å²) in [6, 6.07) is 4.48. The van der Waals surface area contributed by atoms with E-state index < -0.39 is 0 Å². The molecule has 1 aliphatic carbocycles. The molecule has 1 unspecified atom stereocenters. The van der Waals surface area contributed by atoms with Crippen molar-refractivity contribution in [1.29, 1.82) is 0 Å². The molecule has 2 rings (SSSR count). The molecular formula is C14H23N3. The van der Waals surface area contributed by atoms with Gasteiger partial charge in [0.15, 0.2) is 0 Å². The Balaban J connectivity index is 2.00. The van der Waals surface area contributed by atoms with E-state index in [1.165, 1.54) is 37.7 Å². The van der Waals surface area contributed by atoms with E-state index in [0.717, 1.165) is 18.0 Å². The third kappa shape index (κ3) is 3.51. The average Bonchev–Trinajstić information content (AvgIpc) is 2.37. The van der Waals surface area contributed by atoms with Crippen LogP contribution in [0.3, 0.4) is 0 Å². The number of rotatable bonds is 4. The second-order valence-corrected chi connectivity index (χ2v) is 5.19. The maximum Gasteiger partial charge on any atom is 0.0463 e. The van der Waals surface area contributed by atoms with Crippen molar-refractivity contribution >= 4 is 0 Å². The molecule has 0 aliphatic heterocycles. The van der Waals surface area contributed by atoms with E-state index in [-0.39, 0.29) is 6.04 Å². The molecule has 1 heterocycles. The average molecular weight is 233 g/mol. The Labute approximate surface area is 104 Å². The Morgan fingerprint density at radius 3 is 2.82 bits per heavy atom. The van der Waals surface area contributed by atoms with Crippen LogP contribution in [0.1, 0.15) is 55.8 Å². The second-order valence-electron chi connectivity index (χ2n) is 5.19. The zero-order chi connectivity index (χ0) is 12.1. The van der Waals surface area contributed by atoms with Crippen molar-refractivity contribution < 1.29 is 0 Å². The van der Waals surface area contributed by atoms with Gasteiger partial charge < -0.3 is 0 Å². The summed E-state index contributed by atoms with van der Waals surface area (Å²) < 4.78 is 0. The molecule has 0 aromatic carbocycles. The lowest BCUT2D eigenvalue weighted by molar-refractivity contribution is 0.301. The van der Waals surface area contributed by atoms with E-state index in [4.69, 9.17) is 5.84 Å². The van der Waals surface area contributed by atoms with Gasteiger partial charge in [-0.2, -0.15) is 0 Å². The number of hydrazine groups is 1. The van der Waals surface area contributed by atoms with E-state index in [1.54, 1.807) is 0 Å². The normalized spacial score (nSPS) is 19.2. The SMILES string of the molecule is Cc1cc(C(CC2CCCCC2)NN)ccn1. The molecule has 3 nitrogen and oxygen atoms in total. The maximum absolute atomic E-state index is 5.70. The van der Waals surface area contributed by atoms with Gasteiger partial charge in [0.2, 0.25) is 0 Å². The third-order valence-electron chi connectivity index (χ3n) is 3.82. The van der Waals surface area contributed by atoms with Crippen molar-refractivity contribution in [2.24, 2.45) is 11.8 Å². The maximum atomic E-state index is 5.70. The zero-order valence-corrected chi connectivity index (χ0v) is 10.7. The summed E-state index contributed by atoms with van der Waals surface area (Å²) >= 11 is 0. The molecule has 3 heteroatoms. The lowest BCUT2D eigenvalue weighted by atomic mass is 9.83. The fraction of sp³-hybridized carbons (Fsp3) is 0.643. The molecule has 0 amide bonds. The van der Waals surface area contributed by atoms with E-state index in [0.29, 0.717) is 0 Å². The summed E-state index contributed by atoms with van der Waals surface area (Å²) in [5, 5.41) is 0. The van der Waals surface area contributed by atoms with Gasteiger partial charge in [0.25, 0.3) is 0 Å².